The van der Waals surface area contributed by atoms with E-state index in [0.29, 0.717) is 35.2 Å². The summed E-state index contributed by atoms with van der Waals surface area (Å²) < 4.78 is 5.47. The van der Waals surface area contributed by atoms with Crippen molar-refractivity contribution in [2.24, 2.45) is 5.92 Å². The molecule has 2 atom stereocenters. The molecule has 2 heterocycles. The lowest BCUT2D eigenvalue weighted by atomic mass is 10.1. The summed E-state index contributed by atoms with van der Waals surface area (Å²) in [6.45, 7) is 1.67. The third-order valence-electron chi connectivity index (χ3n) is 4.25. The minimum Gasteiger partial charge on any atom is -0.376 e. The minimum absolute atomic E-state index is 0.0669. The van der Waals surface area contributed by atoms with Gasteiger partial charge in [0.25, 0.3) is 0 Å². The monoisotopic (exact) mass is 356 g/mol. The molecule has 5 nitrogen and oxygen atoms in total. The Balaban J connectivity index is 1.62. The summed E-state index contributed by atoms with van der Waals surface area (Å²) in [7, 11) is 0. The summed E-state index contributed by atoms with van der Waals surface area (Å²) in [4.78, 5) is 26.3. The van der Waals surface area contributed by atoms with Crippen molar-refractivity contribution in [1.82, 2.24) is 5.32 Å². The Hall–Kier alpha value is -1.30. The number of amides is 2. The molecule has 2 aliphatic rings. The van der Waals surface area contributed by atoms with E-state index in [1.165, 1.54) is 0 Å². The van der Waals surface area contributed by atoms with E-state index in [-0.39, 0.29) is 17.9 Å². The Kier molecular flexibility index (Phi) is 5.09. The first-order chi connectivity index (χ1) is 11.1. The fraction of sp³-hybridized carbons (Fsp3) is 0.500. The van der Waals surface area contributed by atoms with Crippen molar-refractivity contribution in [1.29, 1.82) is 0 Å². The molecule has 2 amide bonds. The topological polar surface area (TPSA) is 58.6 Å². The van der Waals surface area contributed by atoms with E-state index >= 15 is 0 Å². The third-order valence-corrected chi connectivity index (χ3v) is 4.79. The molecule has 0 saturated carbocycles. The molecule has 0 aromatic heterocycles. The second-order valence-electron chi connectivity index (χ2n) is 5.81. The van der Waals surface area contributed by atoms with Crippen LogP contribution in [0.3, 0.4) is 0 Å². The molecule has 0 aliphatic carbocycles. The molecular formula is C16H18Cl2N2O3. The van der Waals surface area contributed by atoms with E-state index in [4.69, 9.17) is 27.9 Å². The predicted molar refractivity (Wildman–Crippen MR) is 88.9 cm³/mol. The Morgan fingerprint density at radius 3 is 2.87 bits per heavy atom. The van der Waals surface area contributed by atoms with Gasteiger partial charge in [-0.25, -0.2) is 0 Å². The summed E-state index contributed by atoms with van der Waals surface area (Å²) >= 11 is 12.0. The van der Waals surface area contributed by atoms with Crippen LogP contribution in [0.5, 0.6) is 0 Å². The molecule has 0 unspecified atom stereocenters. The van der Waals surface area contributed by atoms with Gasteiger partial charge in [0, 0.05) is 24.7 Å². The third kappa shape index (κ3) is 3.62. The van der Waals surface area contributed by atoms with Crippen LogP contribution in [-0.4, -0.2) is 37.6 Å². The fourth-order valence-electron chi connectivity index (χ4n) is 3.01. The van der Waals surface area contributed by atoms with Crippen LogP contribution in [-0.2, 0) is 14.3 Å². The van der Waals surface area contributed by atoms with Crippen LogP contribution in [0.15, 0.2) is 18.2 Å². The normalized spacial score (nSPS) is 24.3. The first-order valence-electron chi connectivity index (χ1n) is 7.72. The number of carbonyl (C=O) groups excluding carboxylic acids is 2. The standard InChI is InChI=1S/C16H18Cl2N2O3/c17-10-3-4-14(13(18)8-10)20-6-5-12(16(20)22)15(21)19-9-11-2-1-7-23-11/h3-4,8,11-12H,1-2,5-7,9H2,(H,19,21)/t11-,12+/m1/s1. The highest BCUT2D eigenvalue weighted by atomic mass is 35.5. The highest BCUT2D eigenvalue weighted by Crippen LogP contribution is 2.33. The molecule has 0 radical (unpaired) electrons. The molecule has 23 heavy (non-hydrogen) atoms. The highest BCUT2D eigenvalue weighted by molar-refractivity contribution is 6.37. The summed E-state index contributed by atoms with van der Waals surface area (Å²) in [5.41, 5.74) is 0.593. The summed E-state index contributed by atoms with van der Waals surface area (Å²) in [5, 5.41) is 3.75. The van der Waals surface area contributed by atoms with Gasteiger partial charge in [-0.15, -0.1) is 0 Å². The first kappa shape index (κ1) is 16.6. The van der Waals surface area contributed by atoms with Gasteiger partial charge in [0.1, 0.15) is 5.92 Å². The average Bonchev–Trinajstić information content (AvgIpc) is 3.15. The number of hydrogen-bond acceptors (Lipinski definition) is 3. The average molecular weight is 357 g/mol. The Morgan fingerprint density at radius 2 is 2.17 bits per heavy atom. The van der Waals surface area contributed by atoms with Crippen molar-refractivity contribution >= 4 is 40.7 Å². The molecule has 7 heteroatoms. The van der Waals surface area contributed by atoms with Gasteiger partial charge >= 0.3 is 0 Å². The van der Waals surface area contributed by atoms with Gasteiger partial charge in [-0.1, -0.05) is 23.2 Å². The fourth-order valence-corrected chi connectivity index (χ4v) is 3.52. The molecule has 0 spiro atoms. The lowest BCUT2D eigenvalue weighted by Gasteiger charge is -2.18. The minimum atomic E-state index is -0.664. The number of hydrogen-bond donors (Lipinski definition) is 1. The van der Waals surface area contributed by atoms with Crippen LogP contribution in [0.2, 0.25) is 10.0 Å². The maximum absolute atomic E-state index is 12.5. The lowest BCUT2D eigenvalue weighted by molar-refractivity contribution is -0.132. The second kappa shape index (κ2) is 7.07. The molecule has 1 aromatic rings. The number of nitrogens with one attached hydrogen (secondary N) is 1. The van der Waals surface area contributed by atoms with E-state index in [1.807, 2.05) is 0 Å². The number of benzene rings is 1. The zero-order valence-electron chi connectivity index (χ0n) is 12.6. The van der Waals surface area contributed by atoms with Gasteiger partial charge in [-0.05, 0) is 37.5 Å². The van der Waals surface area contributed by atoms with Crippen molar-refractivity contribution in [3.63, 3.8) is 0 Å². The molecule has 3 rings (SSSR count). The Bertz CT molecular complexity index is 617. The van der Waals surface area contributed by atoms with Crippen LogP contribution >= 0.6 is 23.2 Å². The van der Waals surface area contributed by atoms with E-state index < -0.39 is 5.92 Å². The quantitative estimate of drug-likeness (QED) is 0.843. The molecule has 2 aliphatic heterocycles. The van der Waals surface area contributed by atoms with Crippen molar-refractivity contribution in [2.45, 2.75) is 25.4 Å². The van der Waals surface area contributed by atoms with Crippen LogP contribution in [0.4, 0.5) is 5.69 Å². The maximum atomic E-state index is 12.5. The zero-order valence-corrected chi connectivity index (χ0v) is 14.1. The van der Waals surface area contributed by atoms with Gasteiger partial charge in [0.2, 0.25) is 11.8 Å². The Labute approximate surface area is 144 Å². The number of halogens is 2. The van der Waals surface area contributed by atoms with Crippen molar-refractivity contribution in [3.8, 4) is 0 Å². The van der Waals surface area contributed by atoms with Crippen molar-refractivity contribution < 1.29 is 14.3 Å². The number of carbonyl (C=O) groups is 2. The van der Waals surface area contributed by atoms with Crippen LogP contribution in [0, 0.1) is 5.92 Å². The van der Waals surface area contributed by atoms with Crippen molar-refractivity contribution in [2.75, 3.05) is 24.6 Å². The van der Waals surface area contributed by atoms with Crippen molar-refractivity contribution in [3.05, 3.63) is 28.2 Å². The lowest BCUT2D eigenvalue weighted by Crippen LogP contribution is -2.40. The molecular weight excluding hydrogens is 339 g/mol. The number of ether oxygens (including phenoxy) is 1. The van der Waals surface area contributed by atoms with E-state index in [9.17, 15) is 9.59 Å². The molecule has 1 N–H and O–H groups in total. The second-order valence-corrected chi connectivity index (χ2v) is 6.65. The van der Waals surface area contributed by atoms with E-state index in [1.54, 1.807) is 23.1 Å². The summed E-state index contributed by atoms with van der Waals surface area (Å²) in [6.07, 6.45) is 2.52. The smallest absolute Gasteiger partial charge is 0.239 e. The molecule has 2 fully saturated rings. The van der Waals surface area contributed by atoms with E-state index in [2.05, 4.69) is 5.32 Å². The summed E-state index contributed by atoms with van der Waals surface area (Å²) in [6, 6.07) is 4.98. The van der Waals surface area contributed by atoms with E-state index in [0.717, 1.165) is 19.4 Å². The molecule has 2 saturated heterocycles. The molecule has 124 valence electrons. The van der Waals surface area contributed by atoms with Gasteiger partial charge in [-0.2, -0.15) is 0 Å². The summed E-state index contributed by atoms with van der Waals surface area (Å²) in [5.74, 6) is -1.12. The number of nitrogens with zero attached hydrogens (tertiary/aromatic N) is 1. The first-order valence-corrected chi connectivity index (χ1v) is 8.47. The van der Waals surface area contributed by atoms with Gasteiger partial charge in [-0.3, -0.25) is 9.59 Å². The molecule has 1 aromatic carbocycles. The number of anilines is 1. The van der Waals surface area contributed by atoms with Crippen LogP contribution in [0.1, 0.15) is 19.3 Å². The maximum Gasteiger partial charge on any atom is 0.239 e. The SMILES string of the molecule is O=C(NC[C@H]1CCCO1)[C@@H]1CCN(c2ccc(Cl)cc2Cl)C1=O. The highest BCUT2D eigenvalue weighted by Gasteiger charge is 2.38. The van der Waals surface area contributed by atoms with Crippen LogP contribution < -0.4 is 10.2 Å². The van der Waals surface area contributed by atoms with Gasteiger partial charge in [0.15, 0.2) is 0 Å². The largest absolute Gasteiger partial charge is 0.376 e. The van der Waals surface area contributed by atoms with Gasteiger partial charge < -0.3 is 15.0 Å². The number of rotatable bonds is 4. The van der Waals surface area contributed by atoms with Crippen LogP contribution in [0.25, 0.3) is 0 Å². The Morgan fingerprint density at radius 1 is 1.35 bits per heavy atom. The zero-order chi connectivity index (χ0) is 16.4. The molecule has 0 bridgehead atoms. The predicted octanol–water partition coefficient (Wildman–Crippen LogP) is 2.64. The van der Waals surface area contributed by atoms with Gasteiger partial charge in [0.05, 0.1) is 16.8 Å².